The molecule has 0 aromatic heterocycles. The summed E-state index contributed by atoms with van der Waals surface area (Å²) in [7, 11) is 1.16. The minimum atomic E-state index is -1.04. The molecular weight excluding hydrogens is 269 g/mol. The zero-order valence-electron chi connectivity index (χ0n) is 11.0. The van der Waals surface area contributed by atoms with Gasteiger partial charge in [0.2, 0.25) is 5.91 Å². The van der Waals surface area contributed by atoms with Crippen LogP contribution in [0.25, 0.3) is 0 Å². The number of rotatable bonds is 6. The van der Waals surface area contributed by atoms with Crippen LogP contribution in [0, 0.1) is 5.82 Å². The van der Waals surface area contributed by atoms with Crippen molar-refractivity contribution in [1.29, 1.82) is 0 Å². The van der Waals surface area contributed by atoms with Crippen molar-refractivity contribution in [3.8, 4) is 5.75 Å². The number of methoxy groups -OCH3 is 1. The van der Waals surface area contributed by atoms with Gasteiger partial charge in [-0.2, -0.15) is 0 Å². The lowest BCUT2D eigenvalue weighted by molar-refractivity contribution is -0.145. The molecule has 1 amide bonds. The third-order valence-electron chi connectivity index (χ3n) is 2.36. The van der Waals surface area contributed by atoms with Gasteiger partial charge in [0, 0.05) is 12.5 Å². The highest BCUT2D eigenvalue weighted by molar-refractivity contribution is 5.83. The maximum atomic E-state index is 13.5. The number of ether oxygens (including phenoxy) is 2. The Hall–Kier alpha value is -2.44. The molecule has 0 aliphatic carbocycles. The molecule has 0 heterocycles. The van der Waals surface area contributed by atoms with E-state index in [4.69, 9.17) is 4.74 Å². The van der Waals surface area contributed by atoms with Crippen LogP contribution in [0.2, 0.25) is 0 Å². The van der Waals surface area contributed by atoms with E-state index in [0.717, 1.165) is 13.2 Å². The fourth-order valence-corrected chi connectivity index (χ4v) is 1.44. The van der Waals surface area contributed by atoms with Gasteiger partial charge in [-0.05, 0) is 18.2 Å². The number of nitrogens with one attached hydrogen (secondary N) is 1. The highest BCUT2D eigenvalue weighted by atomic mass is 19.1. The van der Waals surface area contributed by atoms with E-state index in [1.165, 1.54) is 19.1 Å². The maximum absolute atomic E-state index is 13.5. The smallest absolute Gasteiger partial charge is 0.331 e. The van der Waals surface area contributed by atoms with E-state index < -0.39 is 23.7 Å². The van der Waals surface area contributed by atoms with E-state index >= 15 is 0 Å². The molecule has 1 rings (SSSR count). The van der Waals surface area contributed by atoms with E-state index in [1.54, 1.807) is 0 Å². The van der Waals surface area contributed by atoms with Gasteiger partial charge >= 0.3 is 5.97 Å². The second-order valence-electron chi connectivity index (χ2n) is 3.89. The summed E-state index contributed by atoms with van der Waals surface area (Å²) >= 11 is 0. The summed E-state index contributed by atoms with van der Waals surface area (Å²) in [6.07, 6.45) is 0.501. The minimum Gasteiger partial charge on any atom is -0.488 e. The molecular formula is C13H14FNO5. The summed E-state index contributed by atoms with van der Waals surface area (Å²) in [5.74, 6) is -2.01. The number of benzene rings is 1. The second-order valence-corrected chi connectivity index (χ2v) is 3.89. The average molecular weight is 283 g/mol. The third kappa shape index (κ3) is 4.34. The molecule has 0 spiro atoms. The number of amides is 1. The first kappa shape index (κ1) is 15.6. The Morgan fingerprint density at radius 2 is 2.15 bits per heavy atom. The predicted octanol–water partition coefficient (Wildman–Crippen LogP) is 0.695. The van der Waals surface area contributed by atoms with Crippen molar-refractivity contribution >= 4 is 18.2 Å². The molecule has 1 unspecified atom stereocenters. The molecule has 0 fully saturated rings. The van der Waals surface area contributed by atoms with Gasteiger partial charge < -0.3 is 14.8 Å². The molecule has 0 aliphatic heterocycles. The monoisotopic (exact) mass is 283 g/mol. The fraction of sp³-hybridized carbons (Fsp3) is 0.308. The van der Waals surface area contributed by atoms with Crippen LogP contribution in [0.4, 0.5) is 4.39 Å². The molecule has 0 bridgehead atoms. The Morgan fingerprint density at radius 1 is 1.45 bits per heavy atom. The molecule has 7 heteroatoms. The fourth-order valence-electron chi connectivity index (χ4n) is 1.44. The van der Waals surface area contributed by atoms with Gasteiger partial charge in [0.1, 0.15) is 12.9 Å². The van der Waals surface area contributed by atoms with Gasteiger partial charge in [-0.1, -0.05) is 0 Å². The number of aldehydes is 1. The van der Waals surface area contributed by atoms with Crippen molar-refractivity contribution in [2.24, 2.45) is 0 Å². The molecule has 20 heavy (non-hydrogen) atoms. The van der Waals surface area contributed by atoms with Crippen molar-refractivity contribution < 1.29 is 28.2 Å². The second kappa shape index (κ2) is 7.22. The van der Waals surface area contributed by atoms with E-state index in [1.807, 2.05) is 0 Å². The van der Waals surface area contributed by atoms with Crippen LogP contribution in [-0.2, 0) is 14.3 Å². The average Bonchev–Trinajstić information content (AvgIpc) is 2.43. The SMILES string of the molecule is COC(=O)C(COc1ccc(C=O)cc1F)NC(C)=O. The predicted molar refractivity (Wildman–Crippen MR) is 66.9 cm³/mol. The van der Waals surface area contributed by atoms with Gasteiger partial charge in [0.25, 0.3) is 0 Å². The molecule has 108 valence electrons. The van der Waals surface area contributed by atoms with Gasteiger partial charge in [-0.15, -0.1) is 0 Å². The molecule has 0 saturated heterocycles. The third-order valence-corrected chi connectivity index (χ3v) is 2.36. The number of hydrogen-bond acceptors (Lipinski definition) is 5. The summed E-state index contributed by atoms with van der Waals surface area (Å²) in [5.41, 5.74) is 0.168. The lowest BCUT2D eigenvalue weighted by atomic mass is 10.2. The molecule has 1 N–H and O–H groups in total. The summed E-state index contributed by atoms with van der Waals surface area (Å²) in [5, 5.41) is 2.33. The standard InChI is InChI=1S/C13H14FNO5/c1-8(17)15-11(13(18)19-2)7-20-12-4-3-9(6-16)5-10(12)14/h3-6,11H,7H2,1-2H3,(H,15,17). The largest absolute Gasteiger partial charge is 0.488 e. The van der Waals surface area contributed by atoms with Crippen molar-refractivity contribution in [2.75, 3.05) is 13.7 Å². The summed E-state index contributed by atoms with van der Waals surface area (Å²) < 4.78 is 23.2. The molecule has 0 aliphatic rings. The maximum Gasteiger partial charge on any atom is 0.331 e. The Kier molecular flexibility index (Phi) is 5.64. The minimum absolute atomic E-state index is 0.130. The van der Waals surface area contributed by atoms with Crippen LogP contribution in [0.15, 0.2) is 18.2 Å². The Labute approximate surface area is 114 Å². The Balaban J connectivity index is 2.74. The van der Waals surface area contributed by atoms with Crippen LogP contribution in [0.1, 0.15) is 17.3 Å². The van der Waals surface area contributed by atoms with Crippen molar-refractivity contribution in [2.45, 2.75) is 13.0 Å². The van der Waals surface area contributed by atoms with Crippen molar-refractivity contribution in [3.05, 3.63) is 29.6 Å². The lowest BCUT2D eigenvalue weighted by Gasteiger charge is -2.16. The highest BCUT2D eigenvalue weighted by Crippen LogP contribution is 2.17. The van der Waals surface area contributed by atoms with Crippen molar-refractivity contribution in [1.82, 2.24) is 5.32 Å². The first-order chi connectivity index (χ1) is 9.47. The Bertz CT molecular complexity index is 517. The van der Waals surface area contributed by atoms with Crippen LogP contribution in [0.5, 0.6) is 5.75 Å². The van der Waals surface area contributed by atoms with E-state index in [9.17, 15) is 18.8 Å². The number of halogens is 1. The molecule has 6 nitrogen and oxygen atoms in total. The van der Waals surface area contributed by atoms with Crippen LogP contribution < -0.4 is 10.1 Å². The number of carbonyl (C=O) groups excluding carboxylic acids is 3. The van der Waals surface area contributed by atoms with E-state index in [-0.39, 0.29) is 17.9 Å². The summed E-state index contributed by atoms with van der Waals surface area (Å²) in [6.45, 7) is 0.943. The van der Waals surface area contributed by atoms with Gasteiger partial charge in [0.15, 0.2) is 17.6 Å². The highest BCUT2D eigenvalue weighted by Gasteiger charge is 2.21. The van der Waals surface area contributed by atoms with Gasteiger partial charge in [0.05, 0.1) is 7.11 Å². The Morgan fingerprint density at radius 3 is 2.65 bits per heavy atom. The zero-order chi connectivity index (χ0) is 15.1. The molecule has 0 saturated carbocycles. The van der Waals surface area contributed by atoms with Crippen LogP contribution in [0.3, 0.4) is 0 Å². The molecule has 0 radical (unpaired) electrons. The van der Waals surface area contributed by atoms with Gasteiger partial charge in [-0.25, -0.2) is 9.18 Å². The van der Waals surface area contributed by atoms with Crippen molar-refractivity contribution in [3.63, 3.8) is 0 Å². The van der Waals surface area contributed by atoms with Crippen LogP contribution >= 0.6 is 0 Å². The van der Waals surface area contributed by atoms with E-state index in [0.29, 0.717) is 6.29 Å². The number of carbonyl (C=O) groups is 3. The summed E-state index contributed by atoms with van der Waals surface area (Å²) in [4.78, 5) is 32.8. The van der Waals surface area contributed by atoms with Gasteiger partial charge in [-0.3, -0.25) is 9.59 Å². The zero-order valence-corrected chi connectivity index (χ0v) is 11.0. The number of esters is 1. The first-order valence-electron chi connectivity index (χ1n) is 5.70. The summed E-state index contributed by atoms with van der Waals surface area (Å²) in [6, 6.07) is 2.61. The quantitative estimate of drug-likeness (QED) is 0.613. The molecule has 1 aromatic carbocycles. The van der Waals surface area contributed by atoms with Crippen LogP contribution in [-0.4, -0.2) is 37.9 Å². The molecule has 1 atom stereocenters. The topological polar surface area (TPSA) is 81.7 Å². The molecule has 1 aromatic rings. The normalized spacial score (nSPS) is 11.3. The number of hydrogen-bond donors (Lipinski definition) is 1. The van der Waals surface area contributed by atoms with E-state index in [2.05, 4.69) is 10.1 Å². The first-order valence-corrected chi connectivity index (χ1v) is 5.70. The lowest BCUT2D eigenvalue weighted by Crippen LogP contribution is -2.44.